The second-order valence-corrected chi connectivity index (χ2v) is 5.37. The summed E-state index contributed by atoms with van der Waals surface area (Å²) in [6.07, 6.45) is 4.81. The molecule has 2 aromatic heterocycles. The second-order valence-electron chi connectivity index (χ2n) is 5.37. The van der Waals surface area contributed by atoms with E-state index in [1.165, 1.54) is 6.33 Å². The number of oxazole rings is 1. The molecule has 1 aliphatic rings. The van der Waals surface area contributed by atoms with Gasteiger partial charge < -0.3 is 19.0 Å². The number of piperazine rings is 1. The van der Waals surface area contributed by atoms with Crippen LogP contribution < -0.4 is 14.5 Å². The zero-order chi connectivity index (χ0) is 15.6. The minimum atomic E-state index is 0.607. The molecule has 0 unspecified atom stereocenters. The van der Waals surface area contributed by atoms with E-state index in [0.29, 0.717) is 11.9 Å². The third-order valence-corrected chi connectivity index (χ3v) is 4.11. The van der Waals surface area contributed by atoms with Crippen LogP contribution in [0, 0.1) is 0 Å². The zero-order valence-electron chi connectivity index (χ0n) is 12.8. The molecule has 4 rings (SSSR count). The maximum Gasteiger partial charge on any atom is 0.297 e. The highest BCUT2D eigenvalue weighted by molar-refractivity contribution is 5.86. The molecule has 0 radical (unpaired) electrons. The largest absolute Gasteiger partial charge is 0.480 e. The lowest BCUT2D eigenvalue weighted by Gasteiger charge is -2.35. The quantitative estimate of drug-likeness (QED) is 0.732. The summed E-state index contributed by atoms with van der Waals surface area (Å²) in [4.78, 5) is 17.2. The van der Waals surface area contributed by atoms with Crippen LogP contribution in [0.2, 0.25) is 0 Å². The Morgan fingerprint density at radius 1 is 1.04 bits per heavy atom. The molecule has 0 saturated carbocycles. The monoisotopic (exact) mass is 311 g/mol. The predicted molar refractivity (Wildman–Crippen MR) is 87.0 cm³/mol. The summed E-state index contributed by atoms with van der Waals surface area (Å²) < 4.78 is 10.7. The van der Waals surface area contributed by atoms with Gasteiger partial charge in [-0.1, -0.05) is 0 Å². The van der Waals surface area contributed by atoms with E-state index in [2.05, 4.69) is 36.9 Å². The zero-order valence-corrected chi connectivity index (χ0v) is 12.8. The number of fused-ring (bicyclic) bond motifs is 1. The Kier molecular flexibility index (Phi) is 3.45. The number of ether oxygens (including phenoxy) is 1. The van der Waals surface area contributed by atoms with E-state index in [1.807, 2.05) is 6.07 Å². The van der Waals surface area contributed by atoms with E-state index in [4.69, 9.17) is 9.15 Å². The van der Waals surface area contributed by atoms with Crippen LogP contribution in [0.25, 0.3) is 10.9 Å². The number of nitrogens with zero attached hydrogens (tertiary/aromatic N) is 5. The third-order valence-electron chi connectivity index (χ3n) is 4.11. The van der Waals surface area contributed by atoms with Gasteiger partial charge in [-0.05, 0) is 18.2 Å². The van der Waals surface area contributed by atoms with Crippen LogP contribution in [0.5, 0.6) is 5.88 Å². The molecule has 0 spiro atoms. The van der Waals surface area contributed by atoms with Gasteiger partial charge in [0.05, 0.1) is 24.2 Å². The van der Waals surface area contributed by atoms with E-state index in [-0.39, 0.29) is 0 Å². The number of rotatable bonds is 3. The van der Waals surface area contributed by atoms with Crippen LogP contribution in [0.3, 0.4) is 0 Å². The van der Waals surface area contributed by atoms with E-state index in [1.54, 1.807) is 19.6 Å². The number of aromatic nitrogens is 3. The van der Waals surface area contributed by atoms with Gasteiger partial charge in [0.2, 0.25) is 5.88 Å². The Morgan fingerprint density at radius 2 is 1.87 bits per heavy atom. The highest BCUT2D eigenvalue weighted by Gasteiger charge is 2.20. The van der Waals surface area contributed by atoms with Crippen LogP contribution in [0.1, 0.15) is 0 Å². The Bertz CT molecular complexity index is 797. The Balaban J connectivity index is 1.56. The maximum absolute atomic E-state index is 5.37. The minimum Gasteiger partial charge on any atom is -0.480 e. The number of anilines is 2. The molecule has 3 aromatic rings. The van der Waals surface area contributed by atoms with Crippen molar-refractivity contribution in [3.8, 4) is 5.88 Å². The first kappa shape index (κ1) is 13.8. The number of methoxy groups -OCH3 is 1. The maximum atomic E-state index is 5.37. The van der Waals surface area contributed by atoms with Gasteiger partial charge in [-0.25, -0.2) is 15.0 Å². The van der Waals surface area contributed by atoms with Crippen molar-refractivity contribution >= 4 is 22.6 Å². The van der Waals surface area contributed by atoms with Crippen LogP contribution in [-0.4, -0.2) is 48.2 Å². The average Bonchev–Trinajstić information content (AvgIpc) is 3.15. The highest BCUT2D eigenvalue weighted by atomic mass is 16.5. The number of benzene rings is 1. The second kappa shape index (κ2) is 5.75. The van der Waals surface area contributed by atoms with Crippen molar-refractivity contribution in [1.29, 1.82) is 0 Å². The normalized spacial score (nSPS) is 15.2. The lowest BCUT2D eigenvalue weighted by Crippen LogP contribution is -2.46. The van der Waals surface area contributed by atoms with Crippen molar-refractivity contribution < 1.29 is 9.15 Å². The molecule has 1 aromatic carbocycles. The van der Waals surface area contributed by atoms with E-state index in [9.17, 15) is 0 Å². The molecule has 23 heavy (non-hydrogen) atoms. The van der Waals surface area contributed by atoms with Gasteiger partial charge in [0.1, 0.15) is 12.6 Å². The fraction of sp³-hybridized carbons (Fsp3) is 0.312. The molecular weight excluding hydrogens is 294 g/mol. The van der Waals surface area contributed by atoms with Gasteiger partial charge in [-0.2, -0.15) is 0 Å². The van der Waals surface area contributed by atoms with Gasteiger partial charge in [0.25, 0.3) is 6.01 Å². The van der Waals surface area contributed by atoms with Crippen molar-refractivity contribution in [3.05, 3.63) is 37.0 Å². The molecule has 0 N–H and O–H groups in total. The van der Waals surface area contributed by atoms with E-state index in [0.717, 1.165) is 42.8 Å². The first-order valence-corrected chi connectivity index (χ1v) is 7.53. The van der Waals surface area contributed by atoms with Gasteiger partial charge in [0, 0.05) is 31.9 Å². The smallest absolute Gasteiger partial charge is 0.297 e. The number of hydrogen-bond donors (Lipinski definition) is 0. The summed E-state index contributed by atoms with van der Waals surface area (Å²) in [6, 6.07) is 6.89. The average molecular weight is 311 g/mol. The van der Waals surface area contributed by atoms with Crippen molar-refractivity contribution in [2.75, 3.05) is 43.1 Å². The molecular formula is C16H17N5O2. The lowest BCUT2D eigenvalue weighted by molar-refractivity contribution is 0.402. The van der Waals surface area contributed by atoms with Crippen LogP contribution >= 0.6 is 0 Å². The molecule has 7 heteroatoms. The molecule has 7 nitrogen and oxygen atoms in total. The van der Waals surface area contributed by atoms with E-state index < -0.39 is 0 Å². The topological polar surface area (TPSA) is 67.5 Å². The molecule has 3 heterocycles. The summed E-state index contributed by atoms with van der Waals surface area (Å²) in [5.74, 6) is 0.607. The third kappa shape index (κ3) is 2.54. The standard InChI is InChI=1S/C16H17N5O2/c1-22-15-13-10-12(2-3-14(13)18-11-19-15)20-5-7-21(8-6-20)16-17-4-9-23-16/h2-4,9-11H,5-8H2,1H3. The molecule has 1 saturated heterocycles. The van der Waals surface area contributed by atoms with Crippen LogP contribution in [0.15, 0.2) is 41.4 Å². The van der Waals surface area contributed by atoms with Gasteiger partial charge in [0.15, 0.2) is 0 Å². The SMILES string of the molecule is COc1ncnc2ccc(N3CCN(c4ncco4)CC3)cc12. The highest BCUT2D eigenvalue weighted by Crippen LogP contribution is 2.27. The van der Waals surface area contributed by atoms with Gasteiger partial charge in [-0.15, -0.1) is 0 Å². The fourth-order valence-corrected chi connectivity index (χ4v) is 2.91. The Labute approximate surface area is 133 Å². The molecule has 1 fully saturated rings. The summed E-state index contributed by atoms with van der Waals surface area (Å²) in [7, 11) is 1.63. The fourth-order valence-electron chi connectivity index (χ4n) is 2.91. The Morgan fingerprint density at radius 3 is 2.61 bits per heavy atom. The van der Waals surface area contributed by atoms with Gasteiger partial charge >= 0.3 is 0 Å². The van der Waals surface area contributed by atoms with Crippen LogP contribution in [-0.2, 0) is 0 Å². The molecule has 0 aliphatic carbocycles. The summed E-state index contributed by atoms with van der Waals surface area (Å²) in [6.45, 7) is 3.57. The lowest BCUT2D eigenvalue weighted by atomic mass is 10.2. The minimum absolute atomic E-state index is 0.607. The molecule has 0 bridgehead atoms. The van der Waals surface area contributed by atoms with Crippen molar-refractivity contribution in [2.24, 2.45) is 0 Å². The molecule has 118 valence electrons. The molecule has 0 atom stereocenters. The molecule has 1 aliphatic heterocycles. The summed E-state index contributed by atoms with van der Waals surface area (Å²) >= 11 is 0. The predicted octanol–water partition coefficient (Wildman–Crippen LogP) is 1.95. The van der Waals surface area contributed by atoms with Crippen molar-refractivity contribution in [1.82, 2.24) is 15.0 Å². The molecule has 0 amide bonds. The Hall–Kier alpha value is -2.83. The number of hydrogen-bond acceptors (Lipinski definition) is 7. The summed E-state index contributed by atoms with van der Waals surface area (Å²) in [5.41, 5.74) is 2.04. The summed E-state index contributed by atoms with van der Waals surface area (Å²) in [5, 5.41) is 0.933. The van der Waals surface area contributed by atoms with Gasteiger partial charge in [-0.3, -0.25) is 0 Å². The van der Waals surface area contributed by atoms with E-state index >= 15 is 0 Å². The first-order valence-electron chi connectivity index (χ1n) is 7.53. The van der Waals surface area contributed by atoms with Crippen molar-refractivity contribution in [3.63, 3.8) is 0 Å². The van der Waals surface area contributed by atoms with Crippen LogP contribution in [0.4, 0.5) is 11.7 Å². The first-order chi connectivity index (χ1) is 11.3. The van der Waals surface area contributed by atoms with Crippen molar-refractivity contribution in [2.45, 2.75) is 0 Å².